The van der Waals surface area contributed by atoms with Crippen LogP contribution in [0.4, 0.5) is 0 Å². The molecular weight excluding hydrogens is 408 g/mol. The highest BCUT2D eigenvalue weighted by molar-refractivity contribution is 7.13. The summed E-state index contributed by atoms with van der Waals surface area (Å²) < 4.78 is 5.47. The number of nitrogens with zero attached hydrogens (tertiary/aromatic N) is 3. The lowest BCUT2D eigenvalue weighted by Crippen LogP contribution is -2.22. The van der Waals surface area contributed by atoms with E-state index in [1.54, 1.807) is 41.9 Å². The number of nitrogens with one attached hydrogen (secondary N) is 1. The molecule has 0 radical (unpaired) electrons. The molecule has 0 saturated carbocycles. The molecule has 0 aliphatic carbocycles. The van der Waals surface area contributed by atoms with E-state index in [0.29, 0.717) is 23.4 Å². The molecule has 0 fully saturated rings. The van der Waals surface area contributed by atoms with Crippen molar-refractivity contribution in [2.75, 3.05) is 0 Å². The Morgan fingerprint density at radius 2 is 2.00 bits per heavy atom. The lowest BCUT2D eigenvalue weighted by molar-refractivity contribution is 0.0951. The van der Waals surface area contributed by atoms with Crippen LogP contribution < -0.4 is 5.32 Å². The molecule has 1 N–H and O–H groups in total. The van der Waals surface area contributed by atoms with Gasteiger partial charge < -0.3 is 9.84 Å². The van der Waals surface area contributed by atoms with Gasteiger partial charge in [-0.3, -0.25) is 9.78 Å². The van der Waals surface area contributed by atoms with Crippen LogP contribution in [0, 0.1) is 6.92 Å². The largest absolute Gasteiger partial charge is 0.356 e. The molecule has 3 heterocycles. The molecule has 31 heavy (non-hydrogen) atoms. The van der Waals surface area contributed by atoms with E-state index in [0.717, 1.165) is 27.2 Å². The van der Waals surface area contributed by atoms with E-state index in [4.69, 9.17) is 9.51 Å². The molecule has 0 saturated heterocycles. The average Bonchev–Trinajstić information content (AvgIpc) is 3.45. The van der Waals surface area contributed by atoms with Gasteiger partial charge in [-0.05, 0) is 36.8 Å². The number of carbonyl (C=O) groups excluding carboxylic acids is 1. The van der Waals surface area contributed by atoms with Gasteiger partial charge in [0.15, 0.2) is 5.58 Å². The summed E-state index contributed by atoms with van der Waals surface area (Å²) in [6, 6.07) is 17.3. The molecule has 7 heteroatoms. The summed E-state index contributed by atoms with van der Waals surface area (Å²) in [6.45, 7) is 2.47. The number of hydrogen-bond donors (Lipinski definition) is 1. The monoisotopic (exact) mass is 426 g/mol. The third kappa shape index (κ3) is 3.95. The normalized spacial score (nSPS) is 11.0. The van der Waals surface area contributed by atoms with Gasteiger partial charge in [0.1, 0.15) is 16.4 Å². The Labute approximate surface area is 182 Å². The van der Waals surface area contributed by atoms with Crippen molar-refractivity contribution in [3.63, 3.8) is 0 Å². The maximum Gasteiger partial charge on any atom is 0.251 e. The van der Waals surface area contributed by atoms with Gasteiger partial charge in [-0.15, -0.1) is 11.3 Å². The van der Waals surface area contributed by atoms with Crippen LogP contribution in [0.3, 0.4) is 0 Å². The van der Waals surface area contributed by atoms with Crippen molar-refractivity contribution in [3.8, 4) is 22.0 Å². The molecule has 1 amide bonds. The molecular formula is C24H18N4O2S. The van der Waals surface area contributed by atoms with Gasteiger partial charge in [0.2, 0.25) is 0 Å². The summed E-state index contributed by atoms with van der Waals surface area (Å²) in [7, 11) is 0. The van der Waals surface area contributed by atoms with E-state index in [2.05, 4.69) is 46.6 Å². The number of pyridine rings is 1. The highest BCUT2D eigenvalue weighted by Gasteiger charge is 2.17. The second-order valence-electron chi connectivity index (χ2n) is 7.19. The standard InChI is InChI=1S/C24H18N4O2S/c1-15-4-6-17(7-5-15)24-27-20(14-31-24)22-19-11-18(8-9-21(19)30-28-22)23(29)26-13-16-3-2-10-25-12-16/h2-12,14H,13H2,1H3,(H,26,29). The molecule has 2 aromatic carbocycles. The van der Waals surface area contributed by atoms with Gasteiger partial charge in [0.05, 0.1) is 5.39 Å². The van der Waals surface area contributed by atoms with Crippen LogP contribution >= 0.6 is 11.3 Å². The fourth-order valence-corrected chi connectivity index (χ4v) is 4.07. The van der Waals surface area contributed by atoms with Crippen LogP contribution in [0.25, 0.3) is 32.9 Å². The molecule has 0 atom stereocenters. The highest BCUT2D eigenvalue weighted by Crippen LogP contribution is 2.33. The highest BCUT2D eigenvalue weighted by atomic mass is 32.1. The topological polar surface area (TPSA) is 80.9 Å². The maximum atomic E-state index is 12.7. The number of aryl methyl sites for hydroxylation is 1. The van der Waals surface area contributed by atoms with Crippen LogP contribution in [0.15, 0.2) is 76.9 Å². The van der Waals surface area contributed by atoms with Gasteiger partial charge in [0.25, 0.3) is 5.91 Å². The minimum Gasteiger partial charge on any atom is -0.356 e. The summed E-state index contributed by atoms with van der Waals surface area (Å²) in [5.41, 5.74) is 5.72. The smallest absolute Gasteiger partial charge is 0.251 e. The number of fused-ring (bicyclic) bond motifs is 1. The van der Waals surface area contributed by atoms with E-state index in [1.165, 1.54) is 5.56 Å². The summed E-state index contributed by atoms with van der Waals surface area (Å²) in [6.07, 6.45) is 3.44. The van der Waals surface area contributed by atoms with Crippen molar-refractivity contribution in [1.82, 2.24) is 20.4 Å². The summed E-state index contributed by atoms with van der Waals surface area (Å²) in [5.74, 6) is -0.170. The zero-order valence-electron chi connectivity index (χ0n) is 16.7. The van der Waals surface area contributed by atoms with Gasteiger partial charge in [0, 0.05) is 35.4 Å². The van der Waals surface area contributed by atoms with Crippen LogP contribution in [0.5, 0.6) is 0 Å². The van der Waals surface area contributed by atoms with Crippen LogP contribution in [-0.4, -0.2) is 21.0 Å². The quantitative estimate of drug-likeness (QED) is 0.415. The predicted octanol–water partition coefficient (Wildman–Crippen LogP) is 5.25. The number of thiazole rings is 1. The minimum atomic E-state index is -0.170. The first-order valence-electron chi connectivity index (χ1n) is 9.77. The third-order valence-electron chi connectivity index (χ3n) is 4.95. The van der Waals surface area contributed by atoms with E-state index >= 15 is 0 Å². The molecule has 3 aromatic heterocycles. The SMILES string of the molecule is Cc1ccc(-c2nc(-c3noc4ccc(C(=O)NCc5cccnc5)cc34)cs2)cc1. The van der Waals surface area contributed by atoms with Gasteiger partial charge >= 0.3 is 0 Å². The average molecular weight is 427 g/mol. The second kappa shape index (κ2) is 8.12. The van der Waals surface area contributed by atoms with Crippen molar-refractivity contribution >= 4 is 28.2 Å². The summed E-state index contributed by atoms with van der Waals surface area (Å²) in [5, 5.41) is 10.8. The maximum absolute atomic E-state index is 12.7. The third-order valence-corrected chi connectivity index (χ3v) is 5.84. The van der Waals surface area contributed by atoms with Gasteiger partial charge in [-0.25, -0.2) is 4.98 Å². The Balaban J connectivity index is 1.41. The van der Waals surface area contributed by atoms with E-state index < -0.39 is 0 Å². The van der Waals surface area contributed by atoms with Crippen molar-refractivity contribution in [3.05, 3.63) is 89.1 Å². The Hall–Kier alpha value is -3.84. The summed E-state index contributed by atoms with van der Waals surface area (Å²) in [4.78, 5) is 21.5. The Morgan fingerprint density at radius 1 is 1.13 bits per heavy atom. The molecule has 152 valence electrons. The molecule has 6 nitrogen and oxygen atoms in total. The molecule has 0 spiro atoms. The lowest BCUT2D eigenvalue weighted by atomic mass is 10.1. The molecule has 5 aromatic rings. The first kappa shape index (κ1) is 19.1. The Morgan fingerprint density at radius 3 is 2.81 bits per heavy atom. The van der Waals surface area contributed by atoms with Crippen LogP contribution in [0.1, 0.15) is 21.5 Å². The Bertz CT molecular complexity index is 1360. The van der Waals surface area contributed by atoms with Gasteiger partial charge in [-0.1, -0.05) is 41.1 Å². The molecule has 0 bridgehead atoms. The number of benzene rings is 2. The fourth-order valence-electron chi connectivity index (χ4n) is 3.26. The minimum absolute atomic E-state index is 0.170. The molecule has 5 rings (SSSR count). The van der Waals surface area contributed by atoms with Gasteiger partial charge in [-0.2, -0.15) is 0 Å². The first-order valence-corrected chi connectivity index (χ1v) is 10.6. The Kier molecular flexibility index (Phi) is 5.01. The number of carbonyl (C=O) groups is 1. The van der Waals surface area contributed by atoms with Crippen molar-refractivity contribution in [2.24, 2.45) is 0 Å². The first-order chi connectivity index (χ1) is 15.2. The van der Waals surface area contributed by atoms with E-state index in [9.17, 15) is 4.79 Å². The van der Waals surface area contributed by atoms with Crippen molar-refractivity contribution in [2.45, 2.75) is 13.5 Å². The van der Waals surface area contributed by atoms with Crippen molar-refractivity contribution in [1.29, 1.82) is 0 Å². The van der Waals surface area contributed by atoms with Crippen molar-refractivity contribution < 1.29 is 9.32 Å². The number of hydrogen-bond acceptors (Lipinski definition) is 6. The lowest BCUT2D eigenvalue weighted by Gasteiger charge is -2.05. The van der Waals surface area contributed by atoms with Crippen LogP contribution in [-0.2, 0) is 6.54 Å². The number of rotatable bonds is 5. The summed E-state index contributed by atoms with van der Waals surface area (Å²) >= 11 is 1.55. The second-order valence-corrected chi connectivity index (χ2v) is 8.05. The molecule has 0 unspecified atom stereocenters. The fraction of sp³-hybridized carbons (Fsp3) is 0.0833. The molecule has 0 aliphatic rings. The predicted molar refractivity (Wildman–Crippen MR) is 121 cm³/mol. The van der Waals surface area contributed by atoms with E-state index in [-0.39, 0.29) is 5.91 Å². The van der Waals surface area contributed by atoms with E-state index in [1.807, 2.05) is 17.5 Å². The zero-order valence-corrected chi connectivity index (χ0v) is 17.5. The number of amides is 1. The van der Waals surface area contributed by atoms with Crippen LogP contribution in [0.2, 0.25) is 0 Å². The number of aromatic nitrogens is 3. The molecule has 0 aliphatic heterocycles. The zero-order chi connectivity index (χ0) is 21.2.